The van der Waals surface area contributed by atoms with Crippen molar-refractivity contribution >= 4 is 5.57 Å². The summed E-state index contributed by atoms with van der Waals surface area (Å²) in [5.41, 5.74) is 6.02. The molecule has 2 heteroatoms. The molecule has 1 aliphatic heterocycles. The van der Waals surface area contributed by atoms with Crippen molar-refractivity contribution in [1.29, 1.82) is 0 Å². The predicted octanol–water partition coefficient (Wildman–Crippen LogP) is 4.15. The summed E-state index contributed by atoms with van der Waals surface area (Å²) < 4.78 is 0. The second kappa shape index (κ2) is 3.28. The van der Waals surface area contributed by atoms with Gasteiger partial charge in [-0.25, -0.2) is 0 Å². The number of benzene rings is 1. The molecule has 1 aromatic rings. The van der Waals surface area contributed by atoms with E-state index < -0.39 is 0 Å². The summed E-state index contributed by atoms with van der Waals surface area (Å²) in [7, 11) is 0. The van der Waals surface area contributed by atoms with Crippen LogP contribution in [0, 0.1) is 5.92 Å². The Kier molecular flexibility index (Phi) is 1.85. The molecule has 3 atom stereocenters. The third-order valence-corrected chi connectivity index (χ3v) is 4.53. The van der Waals surface area contributed by atoms with Crippen LogP contribution in [0.4, 0.5) is 0 Å². The van der Waals surface area contributed by atoms with Gasteiger partial charge in [0.1, 0.15) is 6.04 Å². The molecule has 0 saturated heterocycles. The van der Waals surface area contributed by atoms with Gasteiger partial charge in [0.2, 0.25) is 0 Å². The Hall–Kier alpha value is -1.44. The summed E-state index contributed by atoms with van der Waals surface area (Å²) in [5.74, 6) is 0.543. The zero-order chi connectivity index (χ0) is 11.4. The van der Waals surface area contributed by atoms with Crippen LogP contribution in [0.25, 0.3) is 5.57 Å². The highest BCUT2D eigenvalue weighted by atomic mass is 15.2. The zero-order valence-electron chi connectivity index (χ0n) is 10.1. The van der Waals surface area contributed by atoms with E-state index in [0.29, 0.717) is 18.0 Å². The molecule has 3 unspecified atom stereocenters. The van der Waals surface area contributed by atoms with E-state index in [9.17, 15) is 0 Å². The van der Waals surface area contributed by atoms with Gasteiger partial charge in [-0.1, -0.05) is 31.2 Å². The van der Waals surface area contributed by atoms with Crippen molar-refractivity contribution in [3.8, 4) is 0 Å². The Balaban J connectivity index is 2.03. The van der Waals surface area contributed by atoms with E-state index >= 15 is 0 Å². The third-order valence-electron chi connectivity index (χ3n) is 4.53. The smallest absolute Gasteiger partial charge is 0.101 e. The zero-order valence-corrected chi connectivity index (χ0v) is 10.1. The van der Waals surface area contributed by atoms with Gasteiger partial charge in [-0.3, -0.25) is 0 Å². The van der Waals surface area contributed by atoms with Crippen molar-refractivity contribution in [1.82, 2.24) is 0 Å². The van der Waals surface area contributed by atoms with E-state index in [2.05, 4.69) is 41.4 Å². The molecule has 0 amide bonds. The second-order valence-corrected chi connectivity index (χ2v) is 5.42. The molecule has 3 aliphatic rings. The monoisotopic (exact) mass is 224 g/mol. The molecule has 2 bridgehead atoms. The summed E-state index contributed by atoms with van der Waals surface area (Å²) in [6.45, 7) is 2.31. The molecular formula is C15H16N2. The number of fused-ring (bicyclic) bond motifs is 6. The highest BCUT2D eigenvalue weighted by Gasteiger charge is 2.41. The highest BCUT2D eigenvalue weighted by molar-refractivity contribution is 5.75. The second-order valence-electron chi connectivity index (χ2n) is 5.42. The Morgan fingerprint density at radius 2 is 1.88 bits per heavy atom. The van der Waals surface area contributed by atoms with E-state index in [-0.39, 0.29) is 0 Å². The fraction of sp³-hybridized carbons (Fsp3) is 0.467. The van der Waals surface area contributed by atoms with Crippen molar-refractivity contribution < 1.29 is 0 Å². The molecule has 1 heterocycles. The molecule has 2 aliphatic carbocycles. The van der Waals surface area contributed by atoms with E-state index in [4.69, 9.17) is 0 Å². The summed E-state index contributed by atoms with van der Waals surface area (Å²) in [4.78, 5) is 0. The first-order chi connectivity index (χ1) is 8.36. The normalized spacial score (nSPS) is 33.6. The van der Waals surface area contributed by atoms with Gasteiger partial charge < -0.3 is 0 Å². The first kappa shape index (κ1) is 9.58. The topological polar surface area (TPSA) is 24.7 Å². The molecule has 0 fully saturated rings. The van der Waals surface area contributed by atoms with Crippen LogP contribution in [-0.2, 0) is 0 Å². The predicted molar refractivity (Wildman–Crippen MR) is 67.8 cm³/mol. The molecular weight excluding hydrogens is 208 g/mol. The molecule has 1 aromatic carbocycles. The number of hydrogen-bond donors (Lipinski definition) is 0. The SMILES string of the molecule is CC1C2N=NC1c1ccccc1C1=C2CCC1. The lowest BCUT2D eigenvalue weighted by atomic mass is 9.88. The number of allylic oxidation sites excluding steroid dienone is 1. The summed E-state index contributed by atoms with van der Waals surface area (Å²) in [6.07, 6.45) is 3.75. The van der Waals surface area contributed by atoms with Gasteiger partial charge in [0.15, 0.2) is 0 Å². The van der Waals surface area contributed by atoms with Crippen LogP contribution < -0.4 is 0 Å². The maximum Gasteiger partial charge on any atom is 0.101 e. The van der Waals surface area contributed by atoms with E-state index in [1.54, 1.807) is 11.1 Å². The van der Waals surface area contributed by atoms with Crippen molar-refractivity contribution in [3.63, 3.8) is 0 Å². The quantitative estimate of drug-likeness (QED) is 0.632. The standard InChI is InChI=1S/C15H16N2/c1-9-14-12-6-3-2-5-10(12)11-7-4-8-13(11)15(9)17-16-14/h2-3,5-6,9,14-15H,4,7-8H2,1H3. The lowest BCUT2D eigenvalue weighted by Gasteiger charge is -2.16. The molecule has 4 rings (SSSR count). The lowest BCUT2D eigenvalue weighted by molar-refractivity contribution is 0.485. The van der Waals surface area contributed by atoms with Crippen LogP contribution >= 0.6 is 0 Å². The van der Waals surface area contributed by atoms with Crippen LogP contribution in [-0.4, -0.2) is 6.04 Å². The molecule has 0 radical (unpaired) electrons. The van der Waals surface area contributed by atoms with Crippen molar-refractivity contribution in [2.24, 2.45) is 16.1 Å². The van der Waals surface area contributed by atoms with Gasteiger partial charge in [0.25, 0.3) is 0 Å². The van der Waals surface area contributed by atoms with E-state index in [0.717, 1.165) is 0 Å². The first-order valence-electron chi connectivity index (χ1n) is 6.57. The Morgan fingerprint density at radius 1 is 1.06 bits per heavy atom. The van der Waals surface area contributed by atoms with Gasteiger partial charge in [-0.15, -0.1) is 0 Å². The third kappa shape index (κ3) is 1.16. The van der Waals surface area contributed by atoms with Gasteiger partial charge in [-0.05, 0) is 41.5 Å². The fourth-order valence-corrected chi connectivity index (χ4v) is 3.69. The maximum absolute atomic E-state index is 4.55. The minimum atomic E-state index is 0.293. The van der Waals surface area contributed by atoms with Crippen LogP contribution in [0.15, 0.2) is 40.1 Å². The summed E-state index contributed by atoms with van der Waals surface area (Å²) >= 11 is 0. The lowest BCUT2D eigenvalue weighted by Crippen LogP contribution is -2.16. The molecule has 0 spiro atoms. The Morgan fingerprint density at radius 3 is 2.82 bits per heavy atom. The average Bonchev–Trinajstić information content (AvgIpc) is 2.91. The van der Waals surface area contributed by atoms with Crippen LogP contribution in [0.1, 0.15) is 43.4 Å². The minimum absolute atomic E-state index is 0.293. The minimum Gasteiger partial charge on any atom is -0.185 e. The first-order valence-corrected chi connectivity index (χ1v) is 6.57. The van der Waals surface area contributed by atoms with Crippen molar-refractivity contribution in [3.05, 3.63) is 41.0 Å². The Bertz CT molecular complexity index is 542. The summed E-state index contributed by atoms with van der Waals surface area (Å²) in [6, 6.07) is 9.47. The van der Waals surface area contributed by atoms with E-state index in [1.807, 2.05) is 0 Å². The number of rotatable bonds is 0. The average molecular weight is 224 g/mol. The maximum atomic E-state index is 4.55. The van der Waals surface area contributed by atoms with Crippen molar-refractivity contribution in [2.45, 2.75) is 38.3 Å². The van der Waals surface area contributed by atoms with Crippen molar-refractivity contribution in [2.75, 3.05) is 0 Å². The van der Waals surface area contributed by atoms with Gasteiger partial charge in [0, 0.05) is 5.92 Å². The number of hydrogen-bond acceptors (Lipinski definition) is 2. The molecule has 0 saturated carbocycles. The molecule has 0 N–H and O–H groups in total. The molecule has 2 nitrogen and oxygen atoms in total. The fourth-order valence-electron chi connectivity index (χ4n) is 3.69. The summed E-state index contributed by atoms with van der Waals surface area (Å²) in [5, 5.41) is 9.08. The number of nitrogens with zero attached hydrogens (tertiary/aromatic N) is 2. The largest absolute Gasteiger partial charge is 0.185 e. The van der Waals surface area contributed by atoms with E-state index in [1.165, 1.54) is 30.4 Å². The van der Waals surface area contributed by atoms with Crippen LogP contribution in [0.5, 0.6) is 0 Å². The molecule has 0 aromatic heterocycles. The van der Waals surface area contributed by atoms with Gasteiger partial charge in [0.05, 0.1) is 6.04 Å². The molecule has 86 valence electrons. The van der Waals surface area contributed by atoms with Crippen LogP contribution in [0.2, 0.25) is 0 Å². The number of azo groups is 1. The van der Waals surface area contributed by atoms with Gasteiger partial charge in [-0.2, -0.15) is 10.2 Å². The highest BCUT2D eigenvalue weighted by Crippen LogP contribution is 2.50. The van der Waals surface area contributed by atoms with Crippen LogP contribution in [0.3, 0.4) is 0 Å². The Labute approximate surface area is 101 Å². The molecule has 17 heavy (non-hydrogen) atoms. The van der Waals surface area contributed by atoms with Gasteiger partial charge >= 0.3 is 0 Å².